The van der Waals surface area contributed by atoms with E-state index in [9.17, 15) is 14.4 Å². The highest BCUT2D eigenvalue weighted by Gasteiger charge is 2.33. The first kappa shape index (κ1) is 21.3. The first-order valence-corrected chi connectivity index (χ1v) is 10.8. The van der Waals surface area contributed by atoms with Gasteiger partial charge in [0, 0.05) is 50.6 Å². The molecule has 3 amide bonds. The summed E-state index contributed by atoms with van der Waals surface area (Å²) in [5.41, 5.74) is 2.04. The van der Waals surface area contributed by atoms with E-state index in [4.69, 9.17) is 0 Å². The Labute approximate surface area is 173 Å². The van der Waals surface area contributed by atoms with Gasteiger partial charge in [0.2, 0.25) is 17.7 Å². The summed E-state index contributed by atoms with van der Waals surface area (Å²) >= 11 is 0. The number of amides is 3. The fourth-order valence-electron chi connectivity index (χ4n) is 4.45. The van der Waals surface area contributed by atoms with Gasteiger partial charge in [-0.1, -0.05) is 32.0 Å². The lowest BCUT2D eigenvalue weighted by molar-refractivity contribution is -0.142. The van der Waals surface area contributed by atoms with Crippen molar-refractivity contribution < 1.29 is 14.4 Å². The van der Waals surface area contributed by atoms with Crippen molar-refractivity contribution >= 4 is 23.4 Å². The fraction of sp³-hybridized carbons (Fsp3) is 0.609. The van der Waals surface area contributed by atoms with Crippen molar-refractivity contribution in [2.45, 2.75) is 52.4 Å². The first-order chi connectivity index (χ1) is 13.9. The molecule has 0 spiro atoms. The second-order valence-corrected chi connectivity index (χ2v) is 8.61. The van der Waals surface area contributed by atoms with Gasteiger partial charge >= 0.3 is 0 Å². The number of hydrogen-bond acceptors (Lipinski definition) is 3. The molecule has 6 nitrogen and oxygen atoms in total. The zero-order chi connectivity index (χ0) is 21.0. The van der Waals surface area contributed by atoms with Crippen LogP contribution in [0.15, 0.2) is 24.3 Å². The van der Waals surface area contributed by atoms with Crippen molar-refractivity contribution in [3.8, 4) is 0 Å². The summed E-state index contributed by atoms with van der Waals surface area (Å²) in [4.78, 5) is 40.8. The fourth-order valence-corrected chi connectivity index (χ4v) is 4.45. The van der Waals surface area contributed by atoms with E-state index >= 15 is 0 Å². The maximum Gasteiger partial charge on any atom is 0.227 e. The van der Waals surface area contributed by atoms with Crippen LogP contribution in [0.4, 0.5) is 5.69 Å². The Morgan fingerprint density at radius 1 is 0.897 bits per heavy atom. The van der Waals surface area contributed by atoms with Crippen LogP contribution in [0.5, 0.6) is 0 Å². The number of benzene rings is 1. The molecule has 0 unspecified atom stereocenters. The van der Waals surface area contributed by atoms with E-state index in [0.29, 0.717) is 32.1 Å². The van der Waals surface area contributed by atoms with Crippen LogP contribution < -0.4 is 5.32 Å². The number of rotatable bonds is 4. The number of piperazine rings is 1. The number of carbonyl (C=O) groups is 3. The summed E-state index contributed by atoms with van der Waals surface area (Å²) < 4.78 is 0. The number of anilines is 1. The Morgan fingerprint density at radius 2 is 1.45 bits per heavy atom. The molecule has 0 atom stereocenters. The van der Waals surface area contributed by atoms with Crippen LogP contribution in [0.2, 0.25) is 0 Å². The molecule has 3 rings (SSSR count). The number of nitrogens with zero attached hydrogens (tertiary/aromatic N) is 2. The van der Waals surface area contributed by atoms with E-state index in [0.717, 1.165) is 36.9 Å². The second kappa shape index (κ2) is 9.42. The maximum atomic E-state index is 12.8. The molecule has 0 radical (unpaired) electrons. The molecule has 29 heavy (non-hydrogen) atoms. The Hall–Kier alpha value is -2.37. The molecule has 1 aromatic rings. The van der Waals surface area contributed by atoms with E-state index in [-0.39, 0.29) is 29.6 Å². The lowest BCUT2D eigenvalue weighted by atomic mass is 9.80. The Balaban J connectivity index is 1.50. The van der Waals surface area contributed by atoms with Crippen LogP contribution in [0.1, 0.15) is 57.9 Å². The third kappa shape index (κ3) is 5.17. The van der Waals surface area contributed by atoms with Crippen molar-refractivity contribution in [2.75, 3.05) is 31.5 Å². The molecular weight excluding hydrogens is 366 g/mol. The van der Waals surface area contributed by atoms with Gasteiger partial charge in [0.1, 0.15) is 0 Å². The third-order valence-corrected chi connectivity index (χ3v) is 6.32. The van der Waals surface area contributed by atoms with Gasteiger partial charge in [-0.05, 0) is 43.2 Å². The molecule has 0 bridgehead atoms. The highest BCUT2D eigenvalue weighted by molar-refractivity contribution is 5.93. The predicted octanol–water partition coefficient (Wildman–Crippen LogP) is 3.25. The summed E-state index contributed by atoms with van der Waals surface area (Å²) in [7, 11) is 0. The minimum absolute atomic E-state index is 0.00544. The average molecular weight is 400 g/mol. The van der Waals surface area contributed by atoms with Gasteiger partial charge in [-0.25, -0.2) is 0 Å². The maximum absolute atomic E-state index is 12.8. The van der Waals surface area contributed by atoms with Crippen LogP contribution in [-0.4, -0.2) is 53.7 Å². The highest BCUT2D eigenvalue weighted by atomic mass is 16.2. The zero-order valence-electron chi connectivity index (χ0n) is 17.8. The molecule has 1 saturated heterocycles. The molecule has 1 heterocycles. The number of nitrogens with one attached hydrogen (secondary N) is 1. The second-order valence-electron chi connectivity index (χ2n) is 8.61. The molecule has 6 heteroatoms. The zero-order valence-corrected chi connectivity index (χ0v) is 17.8. The third-order valence-electron chi connectivity index (χ3n) is 6.32. The molecule has 1 aliphatic heterocycles. The van der Waals surface area contributed by atoms with Crippen molar-refractivity contribution in [3.63, 3.8) is 0 Å². The summed E-state index contributed by atoms with van der Waals surface area (Å²) in [6.45, 7) is 8.29. The number of carbonyl (C=O) groups excluding carboxylic acids is 3. The quantitative estimate of drug-likeness (QED) is 0.845. The SMILES string of the molecule is CC(=O)N1CCN(C(=O)C2CCC(C(=O)Nc3ccccc3C(C)C)CC2)CC1. The molecule has 2 aliphatic rings. The Bertz CT molecular complexity index is 745. The van der Waals surface area contributed by atoms with Gasteiger partial charge in [0.05, 0.1) is 0 Å². The smallest absolute Gasteiger partial charge is 0.227 e. The van der Waals surface area contributed by atoms with Crippen LogP contribution >= 0.6 is 0 Å². The predicted molar refractivity (Wildman–Crippen MR) is 113 cm³/mol. The monoisotopic (exact) mass is 399 g/mol. The summed E-state index contributed by atoms with van der Waals surface area (Å²) in [5, 5.41) is 3.11. The molecule has 1 aliphatic carbocycles. The minimum atomic E-state index is -0.0335. The first-order valence-electron chi connectivity index (χ1n) is 10.8. The standard InChI is InChI=1S/C23H33N3O3/c1-16(2)20-6-4-5-7-21(20)24-22(28)18-8-10-19(11-9-18)23(29)26-14-12-25(13-15-26)17(3)27/h4-7,16,18-19H,8-15H2,1-3H3,(H,24,28). The van der Waals surface area contributed by atoms with Crippen molar-refractivity contribution in [1.29, 1.82) is 0 Å². The molecular formula is C23H33N3O3. The van der Waals surface area contributed by atoms with Gasteiger partial charge in [-0.2, -0.15) is 0 Å². The molecule has 1 N–H and O–H groups in total. The van der Waals surface area contributed by atoms with Crippen LogP contribution in [0.25, 0.3) is 0 Å². The summed E-state index contributed by atoms with van der Waals surface area (Å²) in [6, 6.07) is 7.96. The molecule has 2 fully saturated rings. The van der Waals surface area contributed by atoms with Crippen molar-refractivity contribution in [3.05, 3.63) is 29.8 Å². The van der Waals surface area contributed by atoms with E-state index in [1.54, 1.807) is 11.8 Å². The van der Waals surface area contributed by atoms with E-state index in [2.05, 4.69) is 25.2 Å². The van der Waals surface area contributed by atoms with Crippen LogP contribution in [0.3, 0.4) is 0 Å². The highest BCUT2D eigenvalue weighted by Crippen LogP contribution is 2.32. The van der Waals surface area contributed by atoms with Crippen molar-refractivity contribution in [1.82, 2.24) is 9.80 Å². The molecule has 1 saturated carbocycles. The average Bonchev–Trinajstić information content (AvgIpc) is 2.73. The summed E-state index contributed by atoms with van der Waals surface area (Å²) in [5.74, 6) is 0.655. The minimum Gasteiger partial charge on any atom is -0.339 e. The van der Waals surface area contributed by atoms with Gasteiger partial charge in [-0.15, -0.1) is 0 Å². The van der Waals surface area contributed by atoms with Crippen LogP contribution in [0, 0.1) is 11.8 Å². The normalized spacial score (nSPS) is 22.5. The molecule has 158 valence electrons. The van der Waals surface area contributed by atoms with Gasteiger partial charge in [0.25, 0.3) is 0 Å². The number of para-hydroxylation sites is 1. The van der Waals surface area contributed by atoms with Crippen molar-refractivity contribution in [2.24, 2.45) is 11.8 Å². The van der Waals surface area contributed by atoms with Gasteiger partial charge in [-0.3, -0.25) is 14.4 Å². The Morgan fingerprint density at radius 3 is 2.03 bits per heavy atom. The van der Waals surface area contributed by atoms with E-state index < -0.39 is 0 Å². The lowest BCUT2D eigenvalue weighted by Crippen LogP contribution is -2.51. The topological polar surface area (TPSA) is 69.7 Å². The largest absolute Gasteiger partial charge is 0.339 e. The van der Waals surface area contributed by atoms with E-state index in [1.165, 1.54) is 0 Å². The molecule has 0 aromatic heterocycles. The van der Waals surface area contributed by atoms with Crippen LogP contribution in [-0.2, 0) is 14.4 Å². The van der Waals surface area contributed by atoms with Gasteiger partial charge < -0.3 is 15.1 Å². The lowest BCUT2D eigenvalue weighted by Gasteiger charge is -2.37. The summed E-state index contributed by atoms with van der Waals surface area (Å²) in [6.07, 6.45) is 3.02. The Kier molecular flexibility index (Phi) is 6.93. The molecule has 1 aromatic carbocycles. The van der Waals surface area contributed by atoms with E-state index in [1.807, 2.05) is 23.1 Å². The number of hydrogen-bond donors (Lipinski definition) is 1. The van der Waals surface area contributed by atoms with Gasteiger partial charge in [0.15, 0.2) is 0 Å².